The van der Waals surface area contributed by atoms with Crippen molar-refractivity contribution in [2.45, 2.75) is 11.4 Å². The molecule has 1 aromatic carbocycles. The van der Waals surface area contributed by atoms with E-state index in [9.17, 15) is 13.2 Å². The molecule has 3 heterocycles. The van der Waals surface area contributed by atoms with E-state index in [0.717, 1.165) is 19.6 Å². The number of fused-ring (bicyclic) bond motifs is 1. The van der Waals surface area contributed by atoms with Crippen molar-refractivity contribution in [3.05, 3.63) is 52.2 Å². The zero-order valence-corrected chi connectivity index (χ0v) is 17.2. The summed E-state index contributed by atoms with van der Waals surface area (Å²) in [6.45, 7) is 4.06. The van der Waals surface area contributed by atoms with Gasteiger partial charge in [-0.3, -0.25) is 9.69 Å². The standard InChI is InChI=1S/C19H22N4O3S2/c1-21(19-16-6-2-3-7-17(16)28(25,26)20-19)14-18(24)23-10-8-22(9-11-23)13-15-5-4-12-27-15/h2-7,12H,8-11,13-14H2,1H3. The Balaban J connectivity index is 1.36. The van der Waals surface area contributed by atoms with Gasteiger partial charge in [-0.2, -0.15) is 8.42 Å². The molecule has 0 aliphatic carbocycles. The van der Waals surface area contributed by atoms with Crippen LogP contribution in [0.2, 0.25) is 0 Å². The number of sulfonamides is 1. The number of hydrogen-bond donors (Lipinski definition) is 0. The third kappa shape index (κ3) is 3.82. The van der Waals surface area contributed by atoms with Crippen LogP contribution in [0.3, 0.4) is 0 Å². The van der Waals surface area contributed by atoms with E-state index in [2.05, 4.69) is 26.8 Å². The van der Waals surface area contributed by atoms with Crippen LogP contribution in [0.15, 0.2) is 51.1 Å². The van der Waals surface area contributed by atoms with Gasteiger partial charge in [0, 0.05) is 50.2 Å². The second-order valence-electron chi connectivity index (χ2n) is 6.98. The zero-order valence-electron chi connectivity index (χ0n) is 15.6. The second kappa shape index (κ2) is 7.65. The van der Waals surface area contributed by atoms with Gasteiger partial charge in [0.25, 0.3) is 10.0 Å². The average molecular weight is 419 g/mol. The molecule has 2 aliphatic rings. The highest BCUT2D eigenvalue weighted by molar-refractivity contribution is 7.90. The van der Waals surface area contributed by atoms with Crippen molar-refractivity contribution in [2.24, 2.45) is 4.40 Å². The second-order valence-corrected chi connectivity index (χ2v) is 9.58. The van der Waals surface area contributed by atoms with Gasteiger partial charge >= 0.3 is 0 Å². The largest absolute Gasteiger partial charge is 0.349 e. The molecule has 148 valence electrons. The topological polar surface area (TPSA) is 73.3 Å². The van der Waals surface area contributed by atoms with E-state index in [0.29, 0.717) is 24.5 Å². The number of benzene rings is 1. The summed E-state index contributed by atoms with van der Waals surface area (Å²) in [6, 6.07) is 10.9. The van der Waals surface area contributed by atoms with Crippen molar-refractivity contribution in [3.8, 4) is 0 Å². The Kier molecular flexibility index (Phi) is 5.22. The highest BCUT2D eigenvalue weighted by Gasteiger charge is 2.31. The number of amides is 1. The maximum Gasteiger partial charge on any atom is 0.285 e. The van der Waals surface area contributed by atoms with Gasteiger partial charge in [-0.15, -0.1) is 15.7 Å². The SMILES string of the molecule is CN(CC(=O)N1CCN(Cc2cccs2)CC1)C1=NS(=O)(=O)c2ccccc21. The number of rotatable bonds is 4. The lowest BCUT2D eigenvalue weighted by atomic mass is 10.2. The number of amidine groups is 1. The predicted molar refractivity (Wildman–Crippen MR) is 109 cm³/mol. The molecule has 2 aromatic rings. The molecule has 0 atom stereocenters. The first-order valence-electron chi connectivity index (χ1n) is 9.12. The maximum absolute atomic E-state index is 12.7. The molecule has 2 aliphatic heterocycles. The smallest absolute Gasteiger partial charge is 0.285 e. The summed E-state index contributed by atoms with van der Waals surface area (Å²) in [6.07, 6.45) is 0. The van der Waals surface area contributed by atoms with Crippen molar-refractivity contribution < 1.29 is 13.2 Å². The van der Waals surface area contributed by atoms with Crippen molar-refractivity contribution in [1.82, 2.24) is 14.7 Å². The molecule has 28 heavy (non-hydrogen) atoms. The Morgan fingerprint density at radius 3 is 2.61 bits per heavy atom. The van der Waals surface area contributed by atoms with E-state index >= 15 is 0 Å². The normalized spacial score (nSPS) is 18.6. The van der Waals surface area contributed by atoms with Gasteiger partial charge in [-0.25, -0.2) is 0 Å². The van der Waals surface area contributed by atoms with Crippen molar-refractivity contribution in [3.63, 3.8) is 0 Å². The van der Waals surface area contributed by atoms with E-state index in [4.69, 9.17) is 0 Å². The molecule has 0 N–H and O–H groups in total. The number of nitrogens with zero attached hydrogens (tertiary/aromatic N) is 4. The van der Waals surface area contributed by atoms with E-state index in [1.807, 2.05) is 4.90 Å². The minimum absolute atomic E-state index is 0.0113. The van der Waals surface area contributed by atoms with Crippen LogP contribution < -0.4 is 0 Å². The number of carbonyl (C=O) groups excluding carboxylic acids is 1. The molecule has 1 saturated heterocycles. The molecule has 0 radical (unpaired) electrons. The zero-order chi connectivity index (χ0) is 19.7. The lowest BCUT2D eigenvalue weighted by molar-refractivity contribution is -0.133. The van der Waals surface area contributed by atoms with Gasteiger partial charge in [-0.1, -0.05) is 18.2 Å². The first-order valence-corrected chi connectivity index (χ1v) is 11.4. The van der Waals surface area contributed by atoms with Gasteiger partial charge in [-0.05, 0) is 23.6 Å². The van der Waals surface area contributed by atoms with Gasteiger partial charge in [0.1, 0.15) is 4.90 Å². The highest BCUT2D eigenvalue weighted by Crippen LogP contribution is 2.27. The van der Waals surface area contributed by atoms with Gasteiger partial charge < -0.3 is 9.80 Å². The third-order valence-corrected chi connectivity index (χ3v) is 7.22. The molecule has 9 heteroatoms. The van der Waals surface area contributed by atoms with Crippen LogP contribution in [0.1, 0.15) is 10.4 Å². The van der Waals surface area contributed by atoms with Crippen LogP contribution in [0.4, 0.5) is 0 Å². The summed E-state index contributed by atoms with van der Waals surface area (Å²) in [5, 5.41) is 2.08. The summed E-state index contributed by atoms with van der Waals surface area (Å²) in [7, 11) is -1.97. The molecule has 1 aromatic heterocycles. The minimum Gasteiger partial charge on any atom is -0.349 e. The fourth-order valence-electron chi connectivity index (χ4n) is 3.52. The number of piperazine rings is 1. The van der Waals surface area contributed by atoms with Crippen molar-refractivity contribution >= 4 is 33.1 Å². The first kappa shape index (κ1) is 19.1. The number of carbonyl (C=O) groups is 1. The summed E-state index contributed by atoms with van der Waals surface area (Å²) in [5.74, 6) is 0.322. The molecule has 0 saturated carbocycles. The van der Waals surface area contributed by atoms with Crippen LogP contribution >= 0.6 is 11.3 Å². The van der Waals surface area contributed by atoms with Gasteiger partial charge in [0.05, 0.1) is 6.54 Å². The van der Waals surface area contributed by atoms with Gasteiger partial charge in [0.15, 0.2) is 5.84 Å². The Morgan fingerprint density at radius 1 is 1.14 bits per heavy atom. The molecule has 7 nitrogen and oxygen atoms in total. The van der Waals surface area contributed by atoms with Crippen LogP contribution in [0, 0.1) is 0 Å². The van der Waals surface area contributed by atoms with Crippen LogP contribution in [-0.2, 0) is 21.4 Å². The van der Waals surface area contributed by atoms with E-state index in [1.165, 1.54) is 4.88 Å². The number of likely N-dealkylation sites (N-methyl/N-ethyl adjacent to an activating group) is 1. The van der Waals surface area contributed by atoms with E-state index in [-0.39, 0.29) is 17.3 Å². The minimum atomic E-state index is -3.68. The monoisotopic (exact) mass is 418 g/mol. The van der Waals surface area contributed by atoms with E-state index < -0.39 is 10.0 Å². The number of thiophene rings is 1. The van der Waals surface area contributed by atoms with Crippen LogP contribution in [0.5, 0.6) is 0 Å². The summed E-state index contributed by atoms with van der Waals surface area (Å²) in [4.78, 5) is 20.1. The van der Waals surface area contributed by atoms with E-state index in [1.54, 1.807) is 47.5 Å². The number of hydrogen-bond acceptors (Lipinski definition) is 6. The molecule has 0 bridgehead atoms. The Morgan fingerprint density at radius 2 is 1.89 bits per heavy atom. The molecule has 1 fully saturated rings. The average Bonchev–Trinajstić information content (AvgIpc) is 3.28. The predicted octanol–water partition coefficient (Wildman–Crippen LogP) is 1.47. The fourth-order valence-corrected chi connectivity index (χ4v) is 5.52. The van der Waals surface area contributed by atoms with Gasteiger partial charge in [0.2, 0.25) is 5.91 Å². The summed E-state index contributed by atoms with van der Waals surface area (Å²) < 4.78 is 28.3. The molecular weight excluding hydrogens is 396 g/mol. The third-order valence-electron chi connectivity index (χ3n) is 5.03. The maximum atomic E-state index is 12.7. The summed E-state index contributed by atoms with van der Waals surface area (Å²) in [5.41, 5.74) is 0.554. The lowest BCUT2D eigenvalue weighted by Gasteiger charge is -2.35. The quantitative estimate of drug-likeness (QED) is 0.752. The Bertz CT molecular complexity index is 994. The van der Waals surface area contributed by atoms with Crippen molar-refractivity contribution in [2.75, 3.05) is 39.8 Å². The summed E-state index contributed by atoms with van der Waals surface area (Å²) >= 11 is 1.75. The molecule has 1 amide bonds. The van der Waals surface area contributed by atoms with Crippen LogP contribution in [-0.4, -0.2) is 74.6 Å². The Hall–Kier alpha value is -2.23. The molecular formula is C19H22N4O3S2. The highest BCUT2D eigenvalue weighted by atomic mass is 32.2. The Labute approximate surface area is 168 Å². The fraction of sp³-hybridized carbons (Fsp3) is 0.368. The van der Waals surface area contributed by atoms with Crippen molar-refractivity contribution in [1.29, 1.82) is 0 Å². The lowest BCUT2D eigenvalue weighted by Crippen LogP contribution is -2.51. The molecule has 0 unspecified atom stereocenters. The molecule has 4 rings (SSSR count). The molecule has 0 spiro atoms. The van der Waals surface area contributed by atoms with Crippen LogP contribution in [0.25, 0.3) is 0 Å². The first-order chi connectivity index (χ1) is 13.4.